The zero-order chi connectivity index (χ0) is 23.8. The van der Waals surface area contributed by atoms with Crippen molar-refractivity contribution in [2.24, 2.45) is 0 Å². The number of esters is 1. The maximum absolute atomic E-state index is 13.6. The van der Waals surface area contributed by atoms with Crippen molar-refractivity contribution in [1.29, 1.82) is 0 Å². The fraction of sp³-hybridized carbons (Fsp3) is 0.214. The summed E-state index contributed by atoms with van der Waals surface area (Å²) in [7, 11) is 0. The molecular weight excluding hydrogens is 439 g/mol. The zero-order valence-corrected chi connectivity index (χ0v) is 19.0. The first-order valence-corrected chi connectivity index (χ1v) is 10.9. The van der Waals surface area contributed by atoms with Gasteiger partial charge in [0.2, 0.25) is 0 Å². The molecule has 0 heterocycles. The number of hydrogen-bond donors (Lipinski definition) is 0. The summed E-state index contributed by atoms with van der Waals surface area (Å²) in [4.78, 5) is 25.8. The van der Waals surface area contributed by atoms with Gasteiger partial charge >= 0.3 is 5.97 Å². The zero-order valence-electron chi connectivity index (χ0n) is 18.3. The lowest BCUT2D eigenvalue weighted by atomic mass is 9.76. The van der Waals surface area contributed by atoms with Crippen LogP contribution in [0.2, 0.25) is 5.02 Å². The molecule has 3 nitrogen and oxygen atoms in total. The highest BCUT2D eigenvalue weighted by atomic mass is 35.5. The van der Waals surface area contributed by atoms with Gasteiger partial charge in [-0.15, -0.1) is 6.42 Å². The fourth-order valence-electron chi connectivity index (χ4n) is 3.82. The molecule has 168 valence electrons. The standard InChI is InChI=1S/C28H24ClFO3/c1-3-16-33-28(32)18-26(21-10-14-24(30)15-11-21)25(20-8-12-23(29)13-9-20)17-27(31)22-6-4-19(2)5-7-22/h1,4-15,25-26H,16-18H2,2H3/t25-,26-/m0/s1. The van der Waals surface area contributed by atoms with Crippen molar-refractivity contribution < 1.29 is 18.7 Å². The second kappa shape index (κ2) is 11.4. The molecule has 0 spiro atoms. The minimum absolute atomic E-state index is 0.0121. The summed E-state index contributed by atoms with van der Waals surface area (Å²) in [6.45, 7) is 1.82. The highest BCUT2D eigenvalue weighted by Crippen LogP contribution is 2.39. The molecule has 0 aliphatic heterocycles. The second-order valence-corrected chi connectivity index (χ2v) is 8.31. The third-order valence-electron chi connectivity index (χ3n) is 5.56. The second-order valence-electron chi connectivity index (χ2n) is 7.88. The Labute approximate surface area is 198 Å². The molecule has 0 N–H and O–H groups in total. The van der Waals surface area contributed by atoms with Gasteiger partial charge in [-0.25, -0.2) is 4.39 Å². The van der Waals surface area contributed by atoms with E-state index < -0.39 is 11.9 Å². The van der Waals surface area contributed by atoms with Crippen molar-refractivity contribution in [3.63, 3.8) is 0 Å². The minimum Gasteiger partial charge on any atom is -0.452 e. The summed E-state index contributed by atoms with van der Waals surface area (Å²) in [6.07, 6.45) is 5.35. The third kappa shape index (κ3) is 6.78. The van der Waals surface area contributed by atoms with E-state index in [4.69, 9.17) is 22.8 Å². The highest BCUT2D eigenvalue weighted by Gasteiger charge is 2.30. The van der Waals surface area contributed by atoms with Crippen LogP contribution in [0.25, 0.3) is 0 Å². The van der Waals surface area contributed by atoms with Crippen molar-refractivity contribution in [3.05, 3.63) is 106 Å². The number of terminal acetylenes is 1. The van der Waals surface area contributed by atoms with Gasteiger partial charge in [0.15, 0.2) is 12.4 Å². The van der Waals surface area contributed by atoms with E-state index >= 15 is 0 Å². The molecule has 0 fully saturated rings. The van der Waals surface area contributed by atoms with Gasteiger partial charge in [0, 0.05) is 22.9 Å². The maximum Gasteiger partial charge on any atom is 0.307 e. The van der Waals surface area contributed by atoms with Gasteiger partial charge in [0.25, 0.3) is 0 Å². The Hall–Kier alpha value is -3.42. The van der Waals surface area contributed by atoms with E-state index in [1.54, 1.807) is 36.4 Å². The number of Topliss-reactive ketones (excluding diaryl/α,β-unsaturated/α-hetero) is 1. The monoisotopic (exact) mass is 462 g/mol. The van der Waals surface area contributed by atoms with Crippen LogP contribution < -0.4 is 0 Å². The van der Waals surface area contributed by atoms with Gasteiger partial charge in [-0.3, -0.25) is 9.59 Å². The molecule has 33 heavy (non-hydrogen) atoms. The van der Waals surface area contributed by atoms with Gasteiger partial charge < -0.3 is 4.74 Å². The normalized spacial score (nSPS) is 12.4. The van der Waals surface area contributed by atoms with Crippen LogP contribution >= 0.6 is 11.6 Å². The number of ketones is 1. The molecule has 0 saturated heterocycles. The van der Waals surface area contributed by atoms with E-state index in [0.717, 1.165) is 16.7 Å². The van der Waals surface area contributed by atoms with Crippen LogP contribution in [0, 0.1) is 25.1 Å². The molecule has 0 radical (unpaired) electrons. The van der Waals surface area contributed by atoms with Gasteiger partial charge in [-0.2, -0.15) is 0 Å². The lowest BCUT2D eigenvalue weighted by Gasteiger charge is -2.27. The molecule has 0 unspecified atom stereocenters. The quantitative estimate of drug-likeness (QED) is 0.207. The Morgan fingerprint density at radius 1 is 0.909 bits per heavy atom. The molecule has 3 aromatic carbocycles. The Morgan fingerprint density at radius 2 is 1.45 bits per heavy atom. The Kier molecular flexibility index (Phi) is 8.40. The molecule has 0 aromatic heterocycles. The summed E-state index contributed by atoms with van der Waals surface area (Å²) in [6, 6.07) is 20.5. The fourth-order valence-corrected chi connectivity index (χ4v) is 3.95. The summed E-state index contributed by atoms with van der Waals surface area (Å²) < 4.78 is 18.7. The Balaban J connectivity index is 2.01. The minimum atomic E-state index is -0.482. The van der Waals surface area contributed by atoms with E-state index in [9.17, 15) is 14.0 Å². The SMILES string of the molecule is C#CCOC(=O)C[C@@H](c1ccc(F)cc1)[C@@H](CC(=O)c1ccc(C)cc1)c1ccc(Cl)cc1. The molecule has 5 heteroatoms. The van der Waals surface area contributed by atoms with Crippen LogP contribution in [0.15, 0.2) is 72.8 Å². The Morgan fingerprint density at radius 3 is 2.03 bits per heavy atom. The average Bonchev–Trinajstić information content (AvgIpc) is 2.81. The van der Waals surface area contributed by atoms with Crippen LogP contribution in [0.4, 0.5) is 4.39 Å². The summed E-state index contributed by atoms with van der Waals surface area (Å²) in [5.74, 6) is 0.548. The van der Waals surface area contributed by atoms with E-state index in [1.165, 1.54) is 12.1 Å². The van der Waals surface area contributed by atoms with Gasteiger partial charge in [-0.05, 0) is 48.2 Å². The first-order chi connectivity index (χ1) is 15.9. The smallest absolute Gasteiger partial charge is 0.307 e. The molecule has 0 aliphatic rings. The third-order valence-corrected chi connectivity index (χ3v) is 5.82. The van der Waals surface area contributed by atoms with Gasteiger partial charge in [0.05, 0.1) is 6.42 Å². The van der Waals surface area contributed by atoms with Crippen molar-refractivity contribution >= 4 is 23.4 Å². The first-order valence-electron chi connectivity index (χ1n) is 10.6. The first kappa shape index (κ1) is 24.2. The lowest BCUT2D eigenvalue weighted by Crippen LogP contribution is -2.20. The molecule has 2 atom stereocenters. The number of rotatable bonds is 9. The molecule has 0 amide bonds. The number of benzene rings is 3. The van der Waals surface area contributed by atoms with E-state index in [-0.39, 0.29) is 37.0 Å². The number of ether oxygens (including phenoxy) is 1. The van der Waals surface area contributed by atoms with E-state index in [0.29, 0.717) is 10.6 Å². The molecule has 3 aromatic rings. The lowest BCUT2D eigenvalue weighted by molar-refractivity contribution is -0.142. The van der Waals surface area contributed by atoms with Crippen LogP contribution in [-0.2, 0) is 9.53 Å². The van der Waals surface area contributed by atoms with Crippen LogP contribution in [0.3, 0.4) is 0 Å². The predicted octanol–water partition coefficient (Wildman–Crippen LogP) is 6.49. The summed E-state index contributed by atoms with van der Waals surface area (Å²) in [5.41, 5.74) is 3.22. The predicted molar refractivity (Wildman–Crippen MR) is 128 cm³/mol. The molecular formula is C28H24ClFO3. The molecule has 0 aliphatic carbocycles. The van der Waals surface area contributed by atoms with Crippen LogP contribution in [-0.4, -0.2) is 18.4 Å². The summed E-state index contributed by atoms with van der Waals surface area (Å²) in [5, 5.41) is 0.564. The Bertz CT molecular complexity index is 1130. The van der Waals surface area contributed by atoms with Crippen molar-refractivity contribution in [1.82, 2.24) is 0 Å². The average molecular weight is 463 g/mol. The topological polar surface area (TPSA) is 43.4 Å². The van der Waals surface area contributed by atoms with Crippen molar-refractivity contribution in [3.8, 4) is 12.3 Å². The highest BCUT2D eigenvalue weighted by molar-refractivity contribution is 6.30. The molecule has 3 rings (SSSR count). The largest absolute Gasteiger partial charge is 0.452 e. The van der Waals surface area contributed by atoms with Crippen molar-refractivity contribution in [2.75, 3.05) is 6.61 Å². The summed E-state index contributed by atoms with van der Waals surface area (Å²) >= 11 is 6.09. The van der Waals surface area contributed by atoms with Crippen LogP contribution in [0.5, 0.6) is 0 Å². The molecule has 0 saturated carbocycles. The van der Waals surface area contributed by atoms with Crippen molar-refractivity contribution in [2.45, 2.75) is 31.6 Å². The van der Waals surface area contributed by atoms with Gasteiger partial charge in [-0.1, -0.05) is 71.6 Å². The maximum atomic E-state index is 13.6. The number of hydrogen-bond acceptors (Lipinski definition) is 3. The number of carbonyl (C=O) groups is 2. The number of carbonyl (C=O) groups excluding carboxylic acids is 2. The van der Waals surface area contributed by atoms with Crippen LogP contribution in [0.1, 0.15) is 51.7 Å². The van der Waals surface area contributed by atoms with E-state index in [1.807, 2.05) is 31.2 Å². The van der Waals surface area contributed by atoms with E-state index in [2.05, 4.69) is 5.92 Å². The molecule has 0 bridgehead atoms. The van der Waals surface area contributed by atoms with Gasteiger partial charge in [0.1, 0.15) is 5.82 Å². The number of halogens is 2. The number of aryl methyl sites for hydroxylation is 1.